The van der Waals surface area contributed by atoms with Gasteiger partial charge in [-0.05, 0) is 30.2 Å². The average molecular weight is 347 g/mol. The Labute approximate surface area is 148 Å². The lowest BCUT2D eigenvalue weighted by Gasteiger charge is -2.22. The van der Waals surface area contributed by atoms with Crippen molar-refractivity contribution in [2.45, 2.75) is 26.4 Å². The zero-order valence-corrected chi connectivity index (χ0v) is 15.0. The summed E-state index contributed by atoms with van der Waals surface area (Å²) in [6.07, 6.45) is 2.69. The minimum Gasteiger partial charge on any atom is -0.379 e. The summed E-state index contributed by atoms with van der Waals surface area (Å²) in [7, 11) is 1.66. The first-order chi connectivity index (χ1) is 11.6. The number of carbonyl (C=O) groups is 1. The van der Waals surface area contributed by atoms with E-state index in [1.807, 2.05) is 24.3 Å². The molecule has 1 aromatic carbocycles. The first-order valence-corrected chi connectivity index (χ1v) is 8.46. The normalized spacial score (nSPS) is 13.3. The molecule has 24 heavy (non-hydrogen) atoms. The van der Waals surface area contributed by atoms with Crippen LogP contribution in [-0.4, -0.2) is 30.6 Å². The number of amides is 1. The Morgan fingerprint density at radius 2 is 2.12 bits per heavy atom. The van der Waals surface area contributed by atoms with Gasteiger partial charge in [0.2, 0.25) is 0 Å². The predicted octanol–water partition coefficient (Wildman–Crippen LogP) is 4.19. The molecule has 1 aromatic heterocycles. The number of halogens is 1. The predicted molar refractivity (Wildman–Crippen MR) is 97.3 cm³/mol. The fourth-order valence-corrected chi connectivity index (χ4v) is 2.66. The van der Waals surface area contributed by atoms with Crippen molar-refractivity contribution >= 4 is 17.5 Å². The van der Waals surface area contributed by atoms with Gasteiger partial charge in [0.25, 0.3) is 5.91 Å². The van der Waals surface area contributed by atoms with Gasteiger partial charge in [-0.2, -0.15) is 0 Å². The molecular weight excluding hydrogens is 324 g/mol. The van der Waals surface area contributed by atoms with E-state index in [1.54, 1.807) is 25.4 Å². The van der Waals surface area contributed by atoms with E-state index in [0.29, 0.717) is 23.0 Å². The van der Waals surface area contributed by atoms with Crippen molar-refractivity contribution in [2.75, 3.05) is 13.7 Å². The summed E-state index contributed by atoms with van der Waals surface area (Å²) in [5.74, 6) is 0.161. The highest BCUT2D eigenvalue weighted by Gasteiger charge is 2.18. The van der Waals surface area contributed by atoms with E-state index in [2.05, 4.69) is 24.1 Å². The molecule has 2 rings (SSSR count). The number of benzene rings is 1. The molecule has 4 nitrogen and oxygen atoms in total. The van der Waals surface area contributed by atoms with Gasteiger partial charge in [0.15, 0.2) is 0 Å². The van der Waals surface area contributed by atoms with Crippen LogP contribution in [0.5, 0.6) is 0 Å². The lowest BCUT2D eigenvalue weighted by Crippen LogP contribution is -2.36. The Morgan fingerprint density at radius 3 is 2.75 bits per heavy atom. The molecule has 1 N–H and O–H groups in total. The Hall–Kier alpha value is -1.91. The minimum atomic E-state index is -0.205. The van der Waals surface area contributed by atoms with Gasteiger partial charge in [0.1, 0.15) is 0 Å². The van der Waals surface area contributed by atoms with Crippen molar-refractivity contribution in [3.63, 3.8) is 0 Å². The van der Waals surface area contributed by atoms with Crippen LogP contribution in [0.3, 0.4) is 0 Å². The van der Waals surface area contributed by atoms with Gasteiger partial charge < -0.3 is 10.1 Å². The van der Waals surface area contributed by atoms with Gasteiger partial charge in [-0.3, -0.25) is 9.78 Å². The average Bonchev–Trinajstić information content (AvgIpc) is 2.62. The lowest BCUT2D eigenvalue weighted by molar-refractivity contribution is 0.0540. The number of hydrogen-bond donors (Lipinski definition) is 1. The summed E-state index contributed by atoms with van der Waals surface area (Å²) in [5, 5.41) is 3.34. The van der Waals surface area contributed by atoms with E-state index < -0.39 is 0 Å². The number of carbonyl (C=O) groups excluding carboxylic acids is 1. The van der Waals surface area contributed by atoms with Gasteiger partial charge in [-0.1, -0.05) is 44.0 Å². The summed E-state index contributed by atoms with van der Waals surface area (Å²) in [6, 6.07) is 11.0. The van der Waals surface area contributed by atoms with Crippen LogP contribution < -0.4 is 5.32 Å². The number of ether oxygens (including phenoxy) is 1. The number of nitrogens with zero attached hydrogens (tertiary/aromatic N) is 1. The Kier molecular flexibility index (Phi) is 6.76. The van der Waals surface area contributed by atoms with Crippen molar-refractivity contribution in [1.29, 1.82) is 0 Å². The van der Waals surface area contributed by atoms with Crippen molar-refractivity contribution in [1.82, 2.24) is 10.3 Å². The molecule has 0 saturated carbocycles. The Balaban J connectivity index is 2.14. The molecule has 128 valence electrons. The third-order valence-corrected chi connectivity index (χ3v) is 4.55. The van der Waals surface area contributed by atoms with Crippen molar-refractivity contribution in [3.8, 4) is 11.3 Å². The second kappa shape index (κ2) is 8.81. The van der Waals surface area contributed by atoms with E-state index in [1.165, 1.54) is 0 Å². The third-order valence-electron chi connectivity index (χ3n) is 4.22. The quantitative estimate of drug-likeness (QED) is 0.817. The molecule has 1 amide bonds. The first kappa shape index (κ1) is 18.4. The van der Waals surface area contributed by atoms with Crippen LogP contribution in [0.4, 0.5) is 0 Å². The van der Waals surface area contributed by atoms with Crippen LogP contribution in [0.2, 0.25) is 5.02 Å². The number of aromatic nitrogens is 1. The van der Waals surface area contributed by atoms with Crippen LogP contribution in [0.15, 0.2) is 42.6 Å². The standard InChI is InChI=1S/C19H23ClN2O2/c1-4-13(2)18(24-3)12-22-19(23)15-11-14(8-9-16(15)20)17-7-5-6-10-21-17/h5-11,13,18H,4,12H2,1-3H3,(H,22,23). The Bertz CT molecular complexity index is 676. The van der Waals surface area contributed by atoms with E-state index in [9.17, 15) is 4.79 Å². The summed E-state index contributed by atoms with van der Waals surface area (Å²) in [6.45, 7) is 4.66. The van der Waals surface area contributed by atoms with Gasteiger partial charge in [-0.15, -0.1) is 0 Å². The smallest absolute Gasteiger partial charge is 0.252 e. The maximum absolute atomic E-state index is 12.5. The Morgan fingerprint density at radius 1 is 1.33 bits per heavy atom. The molecule has 0 bridgehead atoms. The third kappa shape index (κ3) is 4.56. The van der Waals surface area contributed by atoms with Crippen molar-refractivity contribution in [3.05, 3.63) is 53.2 Å². The molecule has 2 aromatic rings. The largest absolute Gasteiger partial charge is 0.379 e. The molecule has 0 fully saturated rings. The fourth-order valence-electron chi connectivity index (χ4n) is 2.46. The van der Waals surface area contributed by atoms with E-state index in [-0.39, 0.29) is 12.0 Å². The molecule has 0 aliphatic carbocycles. The van der Waals surface area contributed by atoms with Gasteiger partial charge in [0, 0.05) is 25.4 Å². The molecule has 0 aliphatic rings. The summed E-state index contributed by atoms with van der Waals surface area (Å²) in [5.41, 5.74) is 2.10. The van der Waals surface area contributed by atoms with Crippen LogP contribution in [-0.2, 0) is 4.74 Å². The number of hydrogen-bond acceptors (Lipinski definition) is 3. The van der Waals surface area contributed by atoms with Gasteiger partial charge in [0.05, 0.1) is 22.4 Å². The topological polar surface area (TPSA) is 51.2 Å². The van der Waals surface area contributed by atoms with Crippen LogP contribution >= 0.6 is 11.6 Å². The maximum Gasteiger partial charge on any atom is 0.252 e. The second-order valence-corrected chi connectivity index (χ2v) is 6.19. The molecule has 5 heteroatoms. The molecule has 2 unspecified atom stereocenters. The van der Waals surface area contributed by atoms with Crippen LogP contribution in [0.1, 0.15) is 30.6 Å². The minimum absolute atomic E-state index is 0.0169. The summed E-state index contributed by atoms with van der Waals surface area (Å²) >= 11 is 6.21. The summed E-state index contributed by atoms with van der Waals surface area (Å²) < 4.78 is 5.45. The second-order valence-electron chi connectivity index (χ2n) is 5.78. The molecule has 0 radical (unpaired) electrons. The zero-order valence-electron chi connectivity index (χ0n) is 14.3. The molecule has 2 atom stereocenters. The zero-order chi connectivity index (χ0) is 17.5. The first-order valence-electron chi connectivity index (χ1n) is 8.08. The molecule has 0 saturated heterocycles. The highest BCUT2D eigenvalue weighted by Crippen LogP contribution is 2.24. The van der Waals surface area contributed by atoms with Crippen molar-refractivity contribution < 1.29 is 9.53 Å². The fraction of sp³-hybridized carbons (Fsp3) is 0.368. The van der Waals surface area contributed by atoms with Gasteiger partial charge in [-0.25, -0.2) is 0 Å². The van der Waals surface area contributed by atoms with E-state index >= 15 is 0 Å². The van der Waals surface area contributed by atoms with E-state index in [4.69, 9.17) is 16.3 Å². The maximum atomic E-state index is 12.5. The highest BCUT2D eigenvalue weighted by atomic mass is 35.5. The van der Waals surface area contributed by atoms with Crippen LogP contribution in [0.25, 0.3) is 11.3 Å². The molecule has 0 aliphatic heterocycles. The highest BCUT2D eigenvalue weighted by molar-refractivity contribution is 6.34. The van der Waals surface area contributed by atoms with Crippen LogP contribution in [0, 0.1) is 5.92 Å². The molecular formula is C19H23ClN2O2. The summed E-state index contributed by atoms with van der Waals surface area (Å²) in [4.78, 5) is 16.8. The lowest BCUT2D eigenvalue weighted by atomic mass is 10.0. The number of rotatable bonds is 7. The number of nitrogens with one attached hydrogen (secondary N) is 1. The SMILES string of the molecule is CCC(C)C(CNC(=O)c1cc(-c2ccccn2)ccc1Cl)OC. The molecule has 0 spiro atoms. The number of methoxy groups -OCH3 is 1. The van der Waals surface area contributed by atoms with Gasteiger partial charge >= 0.3 is 0 Å². The van der Waals surface area contributed by atoms with Crippen molar-refractivity contribution in [2.24, 2.45) is 5.92 Å². The van der Waals surface area contributed by atoms with E-state index in [0.717, 1.165) is 17.7 Å². The monoisotopic (exact) mass is 346 g/mol. The number of pyridine rings is 1. The molecule has 1 heterocycles.